The van der Waals surface area contributed by atoms with E-state index in [-0.39, 0.29) is 6.10 Å². The first-order valence-corrected chi connectivity index (χ1v) is 5.01. The number of hydrogen-bond donors (Lipinski definition) is 1. The maximum atomic E-state index is 9.35. The number of ether oxygens (including phenoxy) is 1. The standard InChI is InChI=1S/C12H18O2/c1-4-11-10(8-9(2)13)6-5-7-12(11)14-3/h5-7,9,13H,4,8H2,1-3H3. The molecule has 1 atom stereocenters. The molecule has 0 spiro atoms. The minimum Gasteiger partial charge on any atom is -0.496 e. The number of aliphatic hydroxyl groups excluding tert-OH is 1. The van der Waals surface area contributed by atoms with Crippen molar-refractivity contribution in [3.63, 3.8) is 0 Å². The molecule has 1 rings (SSSR count). The fourth-order valence-corrected chi connectivity index (χ4v) is 1.71. The maximum Gasteiger partial charge on any atom is 0.122 e. The fraction of sp³-hybridized carbons (Fsp3) is 0.500. The summed E-state index contributed by atoms with van der Waals surface area (Å²) in [6, 6.07) is 5.98. The molecule has 78 valence electrons. The van der Waals surface area contributed by atoms with E-state index in [0.29, 0.717) is 6.42 Å². The second-order valence-corrected chi connectivity index (χ2v) is 3.50. The van der Waals surface area contributed by atoms with Crippen LogP contribution in [0.3, 0.4) is 0 Å². The zero-order valence-electron chi connectivity index (χ0n) is 9.08. The van der Waals surface area contributed by atoms with E-state index in [4.69, 9.17) is 4.74 Å². The molecule has 1 N–H and O–H groups in total. The van der Waals surface area contributed by atoms with Crippen LogP contribution in [0.15, 0.2) is 18.2 Å². The number of methoxy groups -OCH3 is 1. The number of aliphatic hydroxyl groups is 1. The summed E-state index contributed by atoms with van der Waals surface area (Å²) in [6.45, 7) is 3.91. The summed E-state index contributed by atoms with van der Waals surface area (Å²) in [6.07, 6.45) is 1.33. The summed E-state index contributed by atoms with van der Waals surface area (Å²) in [4.78, 5) is 0. The Kier molecular flexibility index (Phi) is 3.96. The van der Waals surface area contributed by atoms with Crippen molar-refractivity contribution in [2.75, 3.05) is 7.11 Å². The number of benzene rings is 1. The van der Waals surface area contributed by atoms with Gasteiger partial charge in [0.2, 0.25) is 0 Å². The normalized spacial score (nSPS) is 12.6. The molecule has 0 heterocycles. The van der Waals surface area contributed by atoms with Gasteiger partial charge in [0.25, 0.3) is 0 Å². The second-order valence-electron chi connectivity index (χ2n) is 3.50. The van der Waals surface area contributed by atoms with Gasteiger partial charge < -0.3 is 9.84 Å². The minimum absolute atomic E-state index is 0.299. The van der Waals surface area contributed by atoms with Gasteiger partial charge >= 0.3 is 0 Å². The van der Waals surface area contributed by atoms with E-state index in [1.807, 2.05) is 18.2 Å². The molecule has 1 aromatic carbocycles. The molecule has 0 amide bonds. The molecule has 0 fully saturated rings. The van der Waals surface area contributed by atoms with E-state index >= 15 is 0 Å². The quantitative estimate of drug-likeness (QED) is 0.796. The highest BCUT2D eigenvalue weighted by Gasteiger charge is 2.08. The molecule has 1 unspecified atom stereocenters. The van der Waals surface area contributed by atoms with Gasteiger partial charge in [0.05, 0.1) is 13.2 Å². The van der Waals surface area contributed by atoms with Gasteiger partial charge in [-0.25, -0.2) is 0 Å². The van der Waals surface area contributed by atoms with Crippen LogP contribution in [0.25, 0.3) is 0 Å². The van der Waals surface area contributed by atoms with Gasteiger partial charge in [0.15, 0.2) is 0 Å². The highest BCUT2D eigenvalue weighted by atomic mass is 16.5. The molecular weight excluding hydrogens is 176 g/mol. The Balaban J connectivity index is 3.02. The van der Waals surface area contributed by atoms with Crippen LogP contribution in [-0.4, -0.2) is 18.3 Å². The summed E-state index contributed by atoms with van der Waals surface area (Å²) in [5.41, 5.74) is 2.39. The van der Waals surface area contributed by atoms with Gasteiger partial charge in [-0.05, 0) is 37.0 Å². The highest BCUT2D eigenvalue weighted by molar-refractivity contribution is 5.40. The summed E-state index contributed by atoms with van der Waals surface area (Å²) >= 11 is 0. The topological polar surface area (TPSA) is 29.5 Å². The van der Waals surface area contributed by atoms with Gasteiger partial charge in [-0.1, -0.05) is 19.1 Å². The average Bonchev–Trinajstić information content (AvgIpc) is 2.16. The summed E-state index contributed by atoms with van der Waals surface area (Å²) in [5.74, 6) is 0.922. The van der Waals surface area contributed by atoms with Gasteiger partial charge in [-0.3, -0.25) is 0 Å². The summed E-state index contributed by atoms with van der Waals surface area (Å²) < 4.78 is 5.28. The van der Waals surface area contributed by atoms with Gasteiger partial charge in [0.1, 0.15) is 5.75 Å². The molecule has 0 saturated heterocycles. The predicted octanol–water partition coefficient (Wildman–Crippen LogP) is 2.18. The lowest BCUT2D eigenvalue weighted by atomic mass is 9.99. The Hall–Kier alpha value is -1.02. The molecule has 2 nitrogen and oxygen atoms in total. The third-order valence-electron chi connectivity index (χ3n) is 2.32. The van der Waals surface area contributed by atoms with Gasteiger partial charge in [-0.2, -0.15) is 0 Å². The molecule has 0 aliphatic heterocycles. The lowest BCUT2D eigenvalue weighted by molar-refractivity contribution is 0.195. The lowest BCUT2D eigenvalue weighted by Crippen LogP contribution is -2.07. The highest BCUT2D eigenvalue weighted by Crippen LogP contribution is 2.23. The molecule has 0 bridgehead atoms. The molecule has 0 aromatic heterocycles. The lowest BCUT2D eigenvalue weighted by Gasteiger charge is -2.13. The second kappa shape index (κ2) is 5.01. The third-order valence-corrected chi connectivity index (χ3v) is 2.32. The summed E-state index contributed by atoms with van der Waals surface area (Å²) in [5, 5.41) is 9.35. The Morgan fingerprint density at radius 1 is 1.43 bits per heavy atom. The van der Waals surface area contributed by atoms with E-state index in [1.54, 1.807) is 14.0 Å². The summed E-state index contributed by atoms with van der Waals surface area (Å²) in [7, 11) is 1.68. The van der Waals surface area contributed by atoms with E-state index in [0.717, 1.165) is 12.2 Å². The van der Waals surface area contributed by atoms with Gasteiger partial charge in [0, 0.05) is 0 Å². The molecule has 0 aliphatic carbocycles. The Labute approximate surface area is 85.5 Å². The molecule has 0 aliphatic rings. The van der Waals surface area contributed by atoms with E-state index in [2.05, 4.69) is 6.92 Å². The fourth-order valence-electron chi connectivity index (χ4n) is 1.71. The van der Waals surface area contributed by atoms with Crippen LogP contribution in [-0.2, 0) is 12.8 Å². The maximum absolute atomic E-state index is 9.35. The van der Waals surface area contributed by atoms with E-state index in [1.165, 1.54) is 11.1 Å². The molecular formula is C12H18O2. The predicted molar refractivity (Wildman–Crippen MR) is 57.8 cm³/mol. The van der Waals surface area contributed by atoms with Crippen LogP contribution in [0.2, 0.25) is 0 Å². The first-order valence-electron chi connectivity index (χ1n) is 5.01. The van der Waals surface area contributed by atoms with Crippen LogP contribution in [0.5, 0.6) is 5.75 Å². The van der Waals surface area contributed by atoms with Crippen molar-refractivity contribution in [1.82, 2.24) is 0 Å². The minimum atomic E-state index is -0.299. The van der Waals surface area contributed by atoms with E-state index < -0.39 is 0 Å². The zero-order valence-corrected chi connectivity index (χ0v) is 9.08. The Morgan fingerprint density at radius 3 is 2.64 bits per heavy atom. The number of hydrogen-bond acceptors (Lipinski definition) is 2. The SMILES string of the molecule is CCc1c(CC(C)O)cccc1OC. The van der Waals surface area contributed by atoms with Crippen molar-refractivity contribution in [3.05, 3.63) is 29.3 Å². The molecule has 0 radical (unpaired) electrons. The van der Waals surface area contributed by atoms with Crippen molar-refractivity contribution in [2.45, 2.75) is 32.8 Å². The first kappa shape index (κ1) is 11.1. The van der Waals surface area contributed by atoms with Crippen LogP contribution >= 0.6 is 0 Å². The zero-order chi connectivity index (χ0) is 10.6. The monoisotopic (exact) mass is 194 g/mol. The first-order chi connectivity index (χ1) is 6.69. The van der Waals surface area contributed by atoms with Crippen LogP contribution in [0.4, 0.5) is 0 Å². The largest absolute Gasteiger partial charge is 0.496 e. The average molecular weight is 194 g/mol. The van der Waals surface area contributed by atoms with Crippen LogP contribution in [0, 0.1) is 0 Å². The van der Waals surface area contributed by atoms with Crippen molar-refractivity contribution in [3.8, 4) is 5.75 Å². The van der Waals surface area contributed by atoms with Crippen molar-refractivity contribution < 1.29 is 9.84 Å². The van der Waals surface area contributed by atoms with Gasteiger partial charge in [-0.15, -0.1) is 0 Å². The molecule has 0 saturated carbocycles. The van der Waals surface area contributed by atoms with E-state index in [9.17, 15) is 5.11 Å². The third kappa shape index (κ3) is 2.48. The molecule has 2 heteroatoms. The van der Waals surface area contributed by atoms with Crippen molar-refractivity contribution in [1.29, 1.82) is 0 Å². The molecule has 1 aromatic rings. The van der Waals surface area contributed by atoms with Crippen LogP contribution in [0.1, 0.15) is 25.0 Å². The molecule has 14 heavy (non-hydrogen) atoms. The Bertz CT molecular complexity index is 292. The van der Waals surface area contributed by atoms with Crippen molar-refractivity contribution >= 4 is 0 Å². The Morgan fingerprint density at radius 2 is 2.14 bits per heavy atom. The van der Waals surface area contributed by atoms with Crippen LogP contribution < -0.4 is 4.74 Å². The number of rotatable bonds is 4. The van der Waals surface area contributed by atoms with Crippen molar-refractivity contribution in [2.24, 2.45) is 0 Å². The smallest absolute Gasteiger partial charge is 0.122 e.